The molecule has 0 unspecified atom stereocenters. The fourth-order valence-corrected chi connectivity index (χ4v) is 4.89. The molecule has 0 aliphatic rings. The number of carbonyl (C=O) groups excluding carboxylic acids is 2. The van der Waals surface area contributed by atoms with E-state index in [1.807, 2.05) is 42.5 Å². The smallest absolute Gasteiger partial charge is 0.269 e. The van der Waals surface area contributed by atoms with E-state index in [2.05, 4.69) is 17.8 Å². The summed E-state index contributed by atoms with van der Waals surface area (Å²) in [5.41, 5.74) is 8.00. The predicted octanol–water partition coefficient (Wildman–Crippen LogP) is 9.29. The fourth-order valence-electron chi connectivity index (χ4n) is 4.89. The maximum atomic E-state index is 12.5. The van der Waals surface area contributed by atoms with Crippen molar-refractivity contribution >= 4 is 11.8 Å². The Morgan fingerprint density at radius 3 is 1.41 bits per heavy atom. The summed E-state index contributed by atoms with van der Waals surface area (Å²) < 4.78 is 5.84. The lowest BCUT2D eigenvalue weighted by atomic mass is 10.0. The van der Waals surface area contributed by atoms with E-state index < -0.39 is 0 Å². The number of ether oxygens (including phenoxy) is 1. The summed E-state index contributed by atoms with van der Waals surface area (Å²) in [6, 6.07) is 24.2. The van der Waals surface area contributed by atoms with Crippen molar-refractivity contribution in [2.75, 3.05) is 6.61 Å². The van der Waals surface area contributed by atoms with Gasteiger partial charge in [0.1, 0.15) is 5.75 Å². The van der Waals surface area contributed by atoms with Crippen LogP contribution in [0.2, 0.25) is 0 Å². The zero-order valence-electron chi connectivity index (χ0n) is 24.8. The molecule has 0 heterocycles. The number of unbranched alkanes of at least 4 members (excludes halogenated alkanes) is 13. The Morgan fingerprint density at radius 1 is 0.512 bits per heavy atom. The van der Waals surface area contributed by atoms with Gasteiger partial charge in [-0.2, -0.15) is 0 Å². The van der Waals surface area contributed by atoms with Gasteiger partial charge in [0.25, 0.3) is 11.8 Å². The van der Waals surface area contributed by atoms with Gasteiger partial charge in [0.15, 0.2) is 0 Å². The van der Waals surface area contributed by atoms with Crippen LogP contribution in [0.15, 0.2) is 78.9 Å². The van der Waals surface area contributed by atoms with Crippen molar-refractivity contribution in [3.8, 4) is 16.9 Å². The summed E-state index contributed by atoms with van der Waals surface area (Å²) >= 11 is 0. The number of hydrazine groups is 1. The van der Waals surface area contributed by atoms with Gasteiger partial charge in [-0.25, -0.2) is 0 Å². The number of nitrogens with one attached hydrogen (secondary N) is 2. The lowest BCUT2D eigenvalue weighted by Crippen LogP contribution is -2.41. The van der Waals surface area contributed by atoms with Crippen LogP contribution in [-0.4, -0.2) is 18.4 Å². The first kappa shape index (κ1) is 31.9. The molecule has 5 heteroatoms. The monoisotopic (exact) mass is 556 g/mol. The number of hydrogen-bond donors (Lipinski definition) is 2. The molecule has 3 aromatic carbocycles. The van der Waals surface area contributed by atoms with Gasteiger partial charge in [0.05, 0.1) is 6.61 Å². The molecular formula is C36H48N2O3. The van der Waals surface area contributed by atoms with Crippen LogP contribution in [0.1, 0.15) is 118 Å². The van der Waals surface area contributed by atoms with Crippen molar-refractivity contribution < 1.29 is 14.3 Å². The summed E-state index contributed by atoms with van der Waals surface area (Å²) in [4.78, 5) is 24.9. The number of hydrogen-bond acceptors (Lipinski definition) is 3. The SMILES string of the molecule is CCCCCCCCCCCCCCCCOc1ccc(C(=O)NNC(=O)c2ccc(-c3ccccc3)cc2)cc1. The molecule has 3 aromatic rings. The molecule has 0 fully saturated rings. The van der Waals surface area contributed by atoms with E-state index in [0.717, 1.165) is 23.3 Å². The van der Waals surface area contributed by atoms with Crippen molar-refractivity contribution in [2.24, 2.45) is 0 Å². The van der Waals surface area contributed by atoms with E-state index in [1.54, 1.807) is 36.4 Å². The van der Waals surface area contributed by atoms with Gasteiger partial charge in [-0.15, -0.1) is 0 Å². The highest BCUT2D eigenvalue weighted by Gasteiger charge is 2.10. The zero-order valence-corrected chi connectivity index (χ0v) is 24.8. The first-order chi connectivity index (χ1) is 20.2. The average molecular weight is 557 g/mol. The zero-order chi connectivity index (χ0) is 29.0. The van der Waals surface area contributed by atoms with E-state index >= 15 is 0 Å². The quantitative estimate of drug-likeness (QED) is 0.114. The van der Waals surface area contributed by atoms with Gasteiger partial charge in [-0.1, -0.05) is 133 Å². The number of rotatable bonds is 19. The molecule has 0 aliphatic carbocycles. The van der Waals surface area contributed by atoms with Crippen LogP contribution in [0.5, 0.6) is 5.75 Å². The molecule has 220 valence electrons. The summed E-state index contributed by atoms with van der Waals surface area (Å²) in [5, 5.41) is 0. The molecular weight excluding hydrogens is 508 g/mol. The maximum Gasteiger partial charge on any atom is 0.269 e. The fraction of sp³-hybridized carbons (Fsp3) is 0.444. The Bertz CT molecular complexity index is 1130. The molecule has 2 amide bonds. The molecule has 0 aliphatic heterocycles. The van der Waals surface area contributed by atoms with Gasteiger partial charge < -0.3 is 4.74 Å². The summed E-state index contributed by atoms with van der Waals surface area (Å²) in [6.45, 7) is 2.96. The molecule has 0 aromatic heterocycles. The third kappa shape index (κ3) is 12.6. The minimum absolute atomic E-state index is 0.369. The van der Waals surface area contributed by atoms with Crippen LogP contribution >= 0.6 is 0 Å². The second kappa shape index (κ2) is 19.5. The van der Waals surface area contributed by atoms with Gasteiger partial charge >= 0.3 is 0 Å². The molecule has 41 heavy (non-hydrogen) atoms. The second-order valence-corrected chi connectivity index (χ2v) is 10.8. The van der Waals surface area contributed by atoms with Crippen LogP contribution < -0.4 is 15.6 Å². The van der Waals surface area contributed by atoms with Crippen molar-refractivity contribution in [1.82, 2.24) is 10.9 Å². The van der Waals surface area contributed by atoms with Gasteiger partial charge in [-0.05, 0) is 53.9 Å². The molecule has 0 saturated heterocycles. The highest BCUT2D eigenvalue weighted by molar-refractivity contribution is 5.99. The standard InChI is InChI=1S/C36H48N2O3/c1-2-3-4-5-6-7-8-9-10-11-12-13-14-18-29-41-34-27-25-33(26-28-34)36(40)38-37-35(39)32-23-21-31(22-24-32)30-19-16-15-17-20-30/h15-17,19-28H,2-14,18,29H2,1H3,(H,37,39)(H,38,40). The number of carbonyl (C=O) groups is 2. The second-order valence-electron chi connectivity index (χ2n) is 10.8. The Labute approximate surface area is 247 Å². The number of amides is 2. The molecule has 0 spiro atoms. The maximum absolute atomic E-state index is 12.5. The average Bonchev–Trinajstić information content (AvgIpc) is 3.02. The first-order valence-electron chi connectivity index (χ1n) is 15.7. The van der Waals surface area contributed by atoms with Crippen molar-refractivity contribution in [1.29, 1.82) is 0 Å². The Balaban J connectivity index is 1.22. The minimum Gasteiger partial charge on any atom is -0.494 e. The topological polar surface area (TPSA) is 67.4 Å². The minimum atomic E-state index is -0.377. The molecule has 0 radical (unpaired) electrons. The Morgan fingerprint density at radius 2 is 0.927 bits per heavy atom. The normalized spacial score (nSPS) is 10.8. The highest BCUT2D eigenvalue weighted by Crippen LogP contribution is 2.19. The van der Waals surface area contributed by atoms with Gasteiger partial charge in [0, 0.05) is 11.1 Å². The predicted molar refractivity (Wildman–Crippen MR) is 169 cm³/mol. The molecule has 2 N–H and O–H groups in total. The van der Waals surface area contributed by atoms with E-state index in [-0.39, 0.29) is 11.8 Å². The first-order valence-corrected chi connectivity index (χ1v) is 15.7. The van der Waals surface area contributed by atoms with Gasteiger partial charge in [0.2, 0.25) is 0 Å². The third-order valence-electron chi connectivity index (χ3n) is 7.43. The van der Waals surface area contributed by atoms with Crippen molar-refractivity contribution in [2.45, 2.75) is 96.8 Å². The van der Waals surface area contributed by atoms with Crippen molar-refractivity contribution in [3.63, 3.8) is 0 Å². The van der Waals surface area contributed by atoms with Crippen LogP contribution in [0.4, 0.5) is 0 Å². The molecule has 0 saturated carbocycles. The van der Waals surface area contributed by atoms with E-state index in [0.29, 0.717) is 17.7 Å². The molecule has 3 rings (SSSR count). The van der Waals surface area contributed by atoms with Crippen LogP contribution in [0.25, 0.3) is 11.1 Å². The van der Waals surface area contributed by atoms with E-state index in [1.165, 1.54) is 83.5 Å². The highest BCUT2D eigenvalue weighted by atomic mass is 16.5. The lowest BCUT2D eigenvalue weighted by molar-refractivity contribution is 0.0846. The number of benzene rings is 3. The largest absolute Gasteiger partial charge is 0.494 e. The van der Waals surface area contributed by atoms with Crippen molar-refractivity contribution in [3.05, 3.63) is 90.0 Å². The van der Waals surface area contributed by atoms with E-state index in [4.69, 9.17) is 4.74 Å². The Hall–Kier alpha value is -3.60. The summed E-state index contributed by atoms with van der Waals surface area (Å²) in [6.07, 6.45) is 18.7. The Kier molecular flexibility index (Phi) is 15.2. The van der Waals surface area contributed by atoms with Crippen LogP contribution in [0.3, 0.4) is 0 Å². The molecule has 0 bridgehead atoms. The molecule has 5 nitrogen and oxygen atoms in total. The van der Waals surface area contributed by atoms with E-state index in [9.17, 15) is 9.59 Å². The van der Waals surface area contributed by atoms with Crippen LogP contribution in [0, 0.1) is 0 Å². The lowest BCUT2D eigenvalue weighted by Gasteiger charge is -2.10. The molecule has 0 atom stereocenters. The van der Waals surface area contributed by atoms with Crippen LogP contribution in [-0.2, 0) is 0 Å². The summed E-state index contributed by atoms with van der Waals surface area (Å²) in [5.74, 6) is 0.00245. The third-order valence-corrected chi connectivity index (χ3v) is 7.43. The summed E-state index contributed by atoms with van der Waals surface area (Å²) in [7, 11) is 0. The van der Waals surface area contributed by atoms with Gasteiger partial charge in [-0.3, -0.25) is 20.4 Å².